The fourth-order valence-corrected chi connectivity index (χ4v) is 4.52. The number of anilines is 1. The first-order chi connectivity index (χ1) is 16.0. The number of methoxy groups -OCH3 is 1. The molecule has 3 amide bonds. The van der Waals surface area contributed by atoms with Gasteiger partial charge in [-0.25, -0.2) is 4.90 Å². The summed E-state index contributed by atoms with van der Waals surface area (Å²) in [5.41, 5.74) is 3.39. The number of aryl methyl sites for hydroxylation is 1. The van der Waals surface area contributed by atoms with Gasteiger partial charge >= 0.3 is 0 Å². The summed E-state index contributed by atoms with van der Waals surface area (Å²) in [4.78, 5) is 42.6. The topological polar surface area (TPSA) is 66.9 Å². The van der Waals surface area contributed by atoms with Crippen LogP contribution in [0.3, 0.4) is 0 Å². The standard InChI is InChI=1S/C27H30N2O4/c1-19-8-12-22(13-9-19)29-25(30)18-24(27(29)32)28(17-16-20-6-4-3-5-7-20)26(31)21-10-14-23(33-2)15-11-21/h6,8-15,24H,3-5,7,16-18H2,1-2H3. The third-order valence-electron chi connectivity index (χ3n) is 6.45. The zero-order valence-electron chi connectivity index (χ0n) is 19.3. The molecule has 1 atom stereocenters. The minimum absolute atomic E-state index is 0.00630. The van der Waals surface area contributed by atoms with E-state index >= 15 is 0 Å². The highest BCUT2D eigenvalue weighted by Gasteiger charge is 2.44. The van der Waals surface area contributed by atoms with Gasteiger partial charge in [0.15, 0.2) is 0 Å². The van der Waals surface area contributed by atoms with Crippen LogP contribution in [0.25, 0.3) is 0 Å². The molecule has 1 saturated heterocycles. The van der Waals surface area contributed by atoms with Crippen molar-refractivity contribution in [2.45, 2.75) is 51.5 Å². The number of imide groups is 1. The van der Waals surface area contributed by atoms with Crippen molar-refractivity contribution in [3.63, 3.8) is 0 Å². The lowest BCUT2D eigenvalue weighted by Gasteiger charge is -2.28. The van der Waals surface area contributed by atoms with Crippen LogP contribution in [-0.2, 0) is 9.59 Å². The van der Waals surface area contributed by atoms with E-state index in [-0.39, 0.29) is 24.1 Å². The molecule has 2 aromatic rings. The Morgan fingerprint density at radius 1 is 1.06 bits per heavy atom. The molecule has 172 valence electrons. The van der Waals surface area contributed by atoms with Gasteiger partial charge in [0.1, 0.15) is 11.8 Å². The van der Waals surface area contributed by atoms with Gasteiger partial charge in [-0.15, -0.1) is 0 Å². The minimum Gasteiger partial charge on any atom is -0.497 e. The SMILES string of the molecule is COc1ccc(C(=O)N(CCC2=CCCCC2)C2CC(=O)N(c3ccc(C)cc3)C2=O)cc1. The Bertz CT molecular complexity index is 1060. The molecule has 1 fully saturated rings. The Balaban J connectivity index is 1.60. The van der Waals surface area contributed by atoms with E-state index in [0.717, 1.165) is 24.8 Å². The van der Waals surface area contributed by atoms with E-state index in [9.17, 15) is 14.4 Å². The molecule has 0 aromatic heterocycles. The molecule has 0 bridgehead atoms. The number of ether oxygens (including phenoxy) is 1. The number of nitrogens with zero attached hydrogens (tertiary/aromatic N) is 2. The Hall–Kier alpha value is -3.41. The fraction of sp³-hybridized carbons (Fsp3) is 0.370. The van der Waals surface area contributed by atoms with Crippen molar-refractivity contribution in [2.24, 2.45) is 0 Å². The van der Waals surface area contributed by atoms with Gasteiger partial charge in [-0.2, -0.15) is 0 Å². The highest BCUT2D eigenvalue weighted by molar-refractivity contribution is 6.23. The molecule has 4 rings (SSSR count). The van der Waals surface area contributed by atoms with E-state index < -0.39 is 6.04 Å². The summed E-state index contributed by atoms with van der Waals surface area (Å²) in [6.07, 6.45) is 7.39. The third kappa shape index (κ3) is 5.00. The average Bonchev–Trinajstić information content (AvgIpc) is 3.14. The molecule has 6 heteroatoms. The average molecular weight is 447 g/mol. The van der Waals surface area contributed by atoms with Gasteiger partial charge < -0.3 is 9.64 Å². The molecular weight excluding hydrogens is 416 g/mol. The molecule has 33 heavy (non-hydrogen) atoms. The third-order valence-corrected chi connectivity index (χ3v) is 6.45. The monoisotopic (exact) mass is 446 g/mol. The van der Waals surface area contributed by atoms with Crippen LogP contribution in [0, 0.1) is 6.92 Å². The number of carbonyl (C=O) groups is 3. The summed E-state index contributed by atoms with van der Waals surface area (Å²) in [5.74, 6) is -0.212. The number of benzene rings is 2. The van der Waals surface area contributed by atoms with Gasteiger partial charge in [-0.05, 0) is 75.4 Å². The van der Waals surface area contributed by atoms with E-state index in [0.29, 0.717) is 30.0 Å². The Labute approximate surface area is 194 Å². The summed E-state index contributed by atoms with van der Waals surface area (Å²) in [6, 6.07) is 13.4. The number of hydrogen-bond donors (Lipinski definition) is 0. The van der Waals surface area contributed by atoms with E-state index in [1.165, 1.54) is 16.9 Å². The lowest BCUT2D eigenvalue weighted by Crippen LogP contribution is -2.46. The highest BCUT2D eigenvalue weighted by Crippen LogP contribution is 2.29. The molecule has 0 saturated carbocycles. The van der Waals surface area contributed by atoms with Crippen LogP contribution in [0.5, 0.6) is 5.75 Å². The molecule has 2 aromatic carbocycles. The molecule has 1 unspecified atom stereocenters. The summed E-state index contributed by atoms with van der Waals surface area (Å²) in [5, 5.41) is 0. The van der Waals surface area contributed by atoms with Crippen molar-refractivity contribution in [3.05, 3.63) is 71.3 Å². The molecule has 6 nitrogen and oxygen atoms in total. The zero-order valence-corrected chi connectivity index (χ0v) is 19.3. The van der Waals surface area contributed by atoms with E-state index in [1.54, 1.807) is 48.4 Å². The van der Waals surface area contributed by atoms with Gasteiger partial charge in [0, 0.05) is 12.1 Å². The van der Waals surface area contributed by atoms with Gasteiger partial charge in [0.2, 0.25) is 5.91 Å². The smallest absolute Gasteiger partial charge is 0.257 e. The van der Waals surface area contributed by atoms with Gasteiger partial charge in [-0.1, -0.05) is 29.3 Å². The second-order valence-corrected chi connectivity index (χ2v) is 8.71. The summed E-state index contributed by atoms with van der Waals surface area (Å²) >= 11 is 0. The number of amides is 3. The van der Waals surface area contributed by atoms with Crippen LogP contribution in [0.1, 0.15) is 54.4 Å². The van der Waals surface area contributed by atoms with Crippen molar-refractivity contribution in [2.75, 3.05) is 18.6 Å². The maximum absolute atomic E-state index is 13.5. The Morgan fingerprint density at radius 3 is 2.42 bits per heavy atom. The number of carbonyl (C=O) groups excluding carboxylic acids is 3. The maximum Gasteiger partial charge on any atom is 0.257 e. The molecule has 0 N–H and O–H groups in total. The van der Waals surface area contributed by atoms with Crippen LogP contribution < -0.4 is 9.64 Å². The van der Waals surface area contributed by atoms with Crippen molar-refractivity contribution < 1.29 is 19.1 Å². The van der Waals surface area contributed by atoms with Crippen molar-refractivity contribution >= 4 is 23.4 Å². The second kappa shape index (κ2) is 10.0. The molecule has 0 spiro atoms. The summed E-state index contributed by atoms with van der Waals surface area (Å²) in [6.45, 7) is 2.36. The predicted molar refractivity (Wildman–Crippen MR) is 127 cm³/mol. The lowest BCUT2D eigenvalue weighted by atomic mass is 9.96. The molecule has 0 radical (unpaired) electrons. The van der Waals surface area contributed by atoms with Crippen LogP contribution in [0.15, 0.2) is 60.2 Å². The highest BCUT2D eigenvalue weighted by atomic mass is 16.5. The van der Waals surface area contributed by atoms with E-state index in [1.807, 2.05) is 19.1 Å². The maximum atomic E-state index is 13.5. The summed E-state index contributed by atoms with van der Waals surface area (Å²) in [7, 11) is 1.57. The normalized spacial score (nSPS) is 18.3. The zero-order chi connectivity index (χ0) is 23.4. The first-order valence-electron chi connectivity index (χ1n) is 11.5. The Morgan fingerprint density at radius 2 is 1.79 bits per heavy atom. The quantitative estimate of drug-likeness (QED) is 0.458. The van der Waals surface area contributed by atoms with Crippen LogP contribution in [0.2, 0.25) is 0 Å². The van der Waals surface area contributed by atoms with Gasteiger partial charge in [0.05, 0.1) is 19.2 Å². The molecule has 2 aliphatic rings. The minimum atomic E-state index is -0.808. The van der Waals surface area contributed by atoms with E-state index in [2.05, 4.69) is 6.08 Å². The van der Waals surface area contributed by atoms with Gasteiger partial charge in [-0.3, -0.25) is 14.4 Å². The van der Waals surface area contributed by atoms with Crippen molar-refractivity contribution in [1.29, 1.82) is 0 Å². The van der Waals surface area contributed by atoms with Crippen molar-refractivity contribution in [1.82, 2.24) is 4.90 Å². The first-order valence-corrected chi connectivity index (χ1v) is 11.5. The van der Waals surface area contributed by atoms with Crippen molar-refractivity contribution in [3.8, 4) is 5.75 Å². The van der Waals surface area contributed by atoms with Crippen LogP contribution in [-0.4, -0.2) is 42.3 Å². The molecule has 1 heterocycles. The summed E-state index contributed by atoms with van der Waals surface area (Å²) < 4.78 is 5.20. The number of rotatable bonds is 7. The number of hydrogen-bond acceptors (Lipinski definition) is 4. The van der Waals surface area contributed by atoms with Gasteiger partial charge in [0.25, 0.3) is 11.8 Å². The van der Waals surface area contributed by atoms with E-state index in [4.69, 9.17) is 4.74 Å². The predicted octanol–water partition coefficient (Wildman–Crippen LogP) is 4.67. The fourth-order valence-electron chi connectivity index (χ4n) is 4.52. The van der Waals surface area contributed by atoms with Crippen LogP contribution >= 0.6 is 0 Å². The molecular formula is C27H30N2O4. The number of allylic oxidation sites excluding steroid dienone is 1. The largest absolute Gasteiger partial charge is 0.497 e. The molecule has 1 aliphatic heterocycles. The second-order valence-electron chi connectivity index (χ2n) is 8.71. The van der Waals surface area contributed by atoms with Crippen LogP contribution in [0.4, 0.5) is 5.69 Å². The Kier molecular flexibility index (Phi) is 6.92. The molecule has 1 aliphatic carbocycles. The first kappa shape index (κ1) is 22.8. The lowest BCUT2D eigenvalue weighted by molar-refractivity contribution is -0.122.